The lowest BCUT2D eigenvalue weighted by Gasteiger charge is -2.27. The van der Waals surface area contributed by atoms with Gasteiger partial charge < -0.3 is 14.8 Å². The molecule has 6 heteroatoms. The number of hydrogen-bond donors (Lipinski definition) is 1. The van der Waals surface area contributed by atoms with Crippen molar-refractivity contribution in [3.8, 4) is 0 Å². The van der Waals surface area contributed by atoms with E-state index in [4.69, 9.17) is 11.6 Å². The van der Waals surface area contributed by atoms with E-state index in [0.29, 0.717) is 23.7 Å². The molecule has 128 valence electrons. The van der Waals surface area contributed by atoms with E-state index in [1.807, 2.05) is 54.2 Å². The quantitative estimate of drug-likeness (QED) is 0.766. The molecule has 1 aromatic carbocycles. The third-order valence-corrected chi connectivity index (χ3v) is 4.91. The third-order valence-electron chi connectivity index (χ3n) is 4.68. The summed E-state index contributed by atoms with van der Waals surface area (Å²) in [5.74, 6) is 0.851. The number of hydrogen-bond acceptors (Lipinski definition) is 3. The lowest BCUT2D eigenvalue weighted by atomic mass is 10.0. The van der Waals surface area contributed by atoms with Gasteiger partial charge in [-0.25, -0.2) is 4.98 Å². The van der Waals surface area contributed by atoms with Gasteiger partial charge in [-0.3, -0.25) is 4.79 Å². The van der Waals surface area contributed by atoms with Crippen LogP contribution < -0.4 is 4.90 Å². The summed E-state index contributed by atoms with van der Waals surface area (Å²) in [6, 6.07) is 9.55. The second-order valence-corrected chi connectivity index (χ2v) is 6.98. The number of fused-ring (bicyclic) bond motifs is 3. The van der Waals surface area contributed by atoms with Gasteiger partial charge in [-0.2, -0.15) is 0 Å². The minimum absolute atomic E-state index is 0.0137. The summed E-state index contributed by atoms with van der Waals surface area (Å²) in [4.78, 5) is 24.4. The van der Waals surface area contributed by atoms with Gasteiger partial charge >= 0.3 is 0 Å². The van der Waals surface area contributed by atoms with Crippen molar-refractivity contribution in [1.82, 2.24) is 14.9 Å². The molecule has 0 aliphatic carbocycles. The Morgan fingerprint density at radius 1 is 1.28 bits per heavy atom. The average molecular weight is 355 g/mol. The van der Waals surface area contributed by atoms with Gasteiger partial charge in [0.1, 0.15) is 5.82 Å². The van der Waals surface area contributed by atoms with Crippen LogP contribution in [0.15, 0.2) is 36.5 Å². The van der Waals surface area contributed by atoms with Crippen molar-refractivity contribution >= 4 is 34.2 Å². The zero-order valence-electron chi connectivity index (χ0n) is 14.2. The second-order valence-electron chi connectivity index (χ2n) is 6.55. The predicted molar refractivity (Wildman–Crippen MR) is 100 cm³/mol. The molecule has 0 saturated heterocycles. The van der Waals surface area contributed by atoms with Gasteiger partial charge in [0, 0.05) is 67.0 Å². The number of anilines is 1. The van der Waals surface area contributed by atoms with Crippen molar-refractivity contribution in [2.75, 3.05) is 25.5 Å². The van der Waals surface area contributed by atoms with Gasteiger partial charge in [0.05, 0.1) is 5.56 Å². The molecule has 0 atom stereocenters. The number of nitrogens with zero attached hydrogens (tertiary/aromatic N) is 3. The molecule has 3 heterocycles. The van der Waals surface area contributed by atoms with E-state index in [9.17, 15) is 4.79 Å². The number of aromatic nitrogens is 2. The van der Waals surface area contributed by atoms with Crippen molar-refractivity contribution < 1.29 is 4.79 Å². The Kier molecular flexibility index (Phi) is 3.88. The smallest absolute Gasteiger partial charge is 0.255 e. The van der Waals surface area contributed by atoms with Gasteiger partial charge in [0.15, 0.2) is 0 Å². The Morgan fingerprint density at radius 2 is 2.12 bits per heavy atom. The Hall–Kier alpha value is -2.53. The zero-order valence-corrected chi connectivity index (χ0v) is 15.0. The van der Waals surface area contributed by atoms with Crippen molar-refractivity contribution in [2.24, 2.45) is 0 Å². The Labute approximate surface area is 151 Å². The maximum atomic E-state index is 12.9. The monoisotopic (exact) mass is 354 g/mol. The number of aromatic amines is 1. The average Bonchev–Trinajstić information content (AvgIpc) is 2.98. The summed E-state index contributed by atoms with van der Waals surface area (Å²) in [5, 5.41) is 1.81. The Morgan fingerprint density at radius 3 is 2.84 bits per heavy atom. The number of carbonyl (C=O) groups excluding carboxylic acids is 1. The number of rotatable bonds is 2. The lowest BCUT2D eigenvalue weighted by molar-refractivity contribution is 0.0734. The van der Waals surface area contributed by atoms with Crippen LogP contribution in [0.25, 0.3) is 10.9 Å². The largest absolute Gasteiger partial charge is 0.363 e. The van der Waals surface area contributed by atoms with Crippen LogP contribution in [-0.4, -0.2) is 41.4 Å². The molecule has 2 aromatic heterocycles. The number of pyridine rings is 1. The van der Waals surface area contributed by atoms with Crippen LogP contribution in [0.4, 0.5) is 5.82 Å². The van der Waals surface area contributed by atoms with Crippen LogP contribution in [0.2, 0.25) is 5.02 Å². The lowest BCUT2D eigenvalue weighted by Crippen LogP contribution is -2.35. The van der Waals surface area contributed by atoms with Crippen LogP contribution in [0, 0.1) is 0 Å². The number of amides is 1. The number of H-pyrrole nitrogens is 1. The molecule has 3 aromatic rings. The summed E-state index contributed by atoms with van der Waals surface area (Å²) in [6.07, 6.45) is 2.47. The first-order valence-electron chi connectivity index (χ1n) is 8.24. The molecule has 5 nitrogen and oxygen atoms in total. The summed E-state index contributed by atoms with van der Waals surface area (Å²) in [6.45, 7) is 1.28. The van der Waals surface area contributed by atoms with E-state index in [1.54, 1.807) is 6.20 Å². The molecule has 1 amide bonds. The fourth-order valence-electron chi connectivity index (χ4n) is 3.32. The maximum Gasteiger partial charge on any atom is 0.255 e. The SMILES string of the molecule is CN(C)c1ccc(C(=O)N2CCc3[nH]c4ccc(Cl)cc4c3C2)cn1. The Bertz CT molecular complexity index is 946. The van der Waals surface area contributed by atoms with E-state index in [1.165, 1.54) is 5.69 Å². The minimum atomic E-state index is 0.0137. The van der Waals surface area contributed by atoms with Crippen molar-refractivity contribution in [2.45, 2.75) is 13.0 Å². The highest BCUT2D eigenvalue weighted by atomic mass is 35.5. The van der Waals surface area contributed by atoms with Gasteiger partial charge in [-0.1, -0.05) is 11.6 Å². The summed E-state index contributed by atoms with van der Waals surface area (Å²) < 4.78 is 0. The summed E-state index contributed by atoms with van der Waals surface area (Å²) in [5.41, 5.74) is 4.05. The normalized spacial score (nSPS) is 13.8. The molecule has 0 radical (unpaired) electrons. The highest BCUT2D eigenvalue weighted by Crippen LogP contribution is 2.30. The molecule has 1 aliphatic rings. The van der Waals surface area contributed by atoms with Gasteiger partial charge in [0.25, 0.3) is 5.91 Å². The molecule has 0 saturated carbocycles. The molecular formula is C19H19ClN4O. The molecule has 1 N–H and O–H groups in total. The first-order chi connectivity index (χ1) is 12.0. The molecule has 0 spiro atoms. The fourth-order valence-corrected chi connectivity index (χ4v) is 3.49. The van der Waals surface area contributed by atoms with E-state index in [2.05, 4.69) is 9.97 Å². The van der Waals surface area contributed by atoms with Gasteiger partial charge in [0.2, 0.25) is 0 Å². The number of carbonyl (C=O) groups is 1. The number of benzene rings is 1. The topological polar surface area (TPSA) is 52.2 Å². The maximum absolute atomic E-state index is 12.9. The van der Waals surface area contributed by atoms with Crippen molar-refractivity contribution in [3.05, 3.63) is 58.4 Å². The molecule has 4 rings (SSSR count). The van der Waals surface area contributed by atoms with E-state index in [0.717, 1.165) is 28.7 Å². The number of halogens is 1. The third kappa shape index (κ3) is 2.85. The van der Waals surface area contributed by atoms with E-state index in [-0.39, 0.29) is 5.91 Å². The Balaban J connectivity index is 1.62. The van der Waals surface area contributed by atoms with E-state index < -0.39 is 0 Å². The first kappa shape index (κ1) is 16.0. The van der Waals surface area contributed by atoms with Crippen molar-refractivity contribution in [3.63, 3.8) is 0 Å². The van der Waals surface area contributed by atoms with Crippen LogP contribution in [0.3, 0.4) is 0 Å². The van der Waals surface area contributed by atoms with Crippen LogP contribution in [0.5, 0.6) is 0 Å². The molecule has 0 bridgehead atoms. The molecule has 0 unspecified atom stereocenters. The standard InChI is InChI=1S/C19H19ClN4O/c1-23(2)18-6-3-12(10-21-18)19(25)24-8-7-17-15(11-24)14-9-13(20)4-5-16(14)22-17/h3-6,9-10,22H,7-8,11H2,1-2H3. The van der Waals surface area contributed by atoms with Gasteiger partial charge in [-0.15, -0.1) is 0 Å². The highest BCUT2D eigenvalue weighted by molar-refractivity contribution is 6.31. The molecule has 1 aliphatic heterocycles. The van der Waals surface area contributed by atoms with Crippen LogP contribution >= 0.6 is 11.6 Å². The first-order valence-corrected chi connectivity index (χ1v) is 8.62. The summed E-state index contributed by atoms with van der Waals surface area (Å²) >= 11 is 6.15. The van der Waals surface area contributed by atoms with E-state index >= 15 is 0 Å². The van der Waals surface area contributed by atoms with Gasteiger partial charge in [-0.05, 0) is 30.3 Å². The molecular weight excluding hydrogens is 336 g/mol. The zero-order chi connectivity index (χ0) is 17.6. The predicted octanol–water partition coefficient (Wildman–Crippen LogP) is 3.48. The molecule has 0 fully saturated rings. The molecule has 25 heavy (non-hydrogen) atoms. The number of nitrogens with one attached hydrogen (secondary N) is 1. The van der Waals surface area contributed by atoms with Crippen LogP contribution in [-0.2, 0) is 13.0 Å². The van der Waals surface area contributed by atoms with Crippen LogP contribution in [0.1, 0.15) is 21.6 Å². The highest BCUT2D eigenvalue weighted by Gasteiger charge is 2.25. The van der Waals surface area contributed by atoms with Crippen molar-refractivity contribution in [1.29, 1.82) is 0 Å². The fraction of sp³-hybridized carbons (Fsp3) is 0.263. The minimum Gasteiger partial charge on any atom is -0.363 e. The summed E-state index contributed by atoms with van der Waals surface area (Å²) in [7, 11) is 3.86. The second kappa shape index (κ2) is 6.08.